The van der Waals surface area contributed by atoms with Gasteiger partial charge in [0, 0.05) is 22.5 Å². The summed E-state index contributed by atoms with van der Waals surface area (Å²) in [6.45, 7) is 6.88. The molecule has 0 aromatic heterocycles. The van der Waals surface area contributed by atoms with E-state index in [0.717, 1.165) is 5.69 Å². The lowest BCUT2D eigenvalue weighted by Crippen LogP contribution is -2.16. The summed E-state index contributed by atoms with van der Waals surface area (Å²) in [5, 5.41) is 0. The van der Waals surface area contributed by atoms with Crippen LogP contribution in [0.4, 0.5) is 17.1 Å². The monoisotopic (exact) mass is 527 g/mol. The van der Waals surface area contributed by atoms with Crippen molar-refractivity contribution in [3.63, 3.8) is 0 Å². The van der Waals surface area contributed by atoms with Gasteiger partial charge in [0.25, 0.3) is 0 Å². The second-order valence-corrected chi connectivity index (χ2v) is 11.6. The van der Waals surface area contributed by atoms with E-state index in [4.69, 9.17) is 0 Å². The van der Waals surface area contributed by atoms with Gasteiger partial charge < -0.3 is 4.90 Å². The molecular formula is C40H33N. The predicted molar refractivity (Wildman–Crippen MR) is 174 cm³/mol. The van der Waals surface area contributed by atoms with Crippen molar-refractivity contribution < 1.29 is 0 Å². The molecule has 0 heterocycles. The zero-order valence-corrected chi connectivity index (χ0v) is 23.8. The van der Waals surface area contributed by atoms with E-state index in [-0.39, 0.29) is 5.41 Å². The number of benzene rings is 6. The van der Waals surface area contributed by atoms with Crippen molar-refractivity contribution in [1.29, 1.82) is 0 Å². The number of aryl methyl sites for hydroxylation is 1. The van der Waals surface area contributed by atoms with Crippen molar-refractivity contribution >= 4 is 17.1 Å². The van der Waals surface area contributed by atoms with Crippen LogP contribution in [0.1, 0.15) is 30.5 Å². The van der Waals surface area contributed by atoms with Crippen molar-refractivity contribution in [3.8, 4) is 33.4 Å². The number of rotatable bonds is 5. The average Bonchev–Trinajstić information content (AvgIpc) is 3.24. The topological polar surface area (TPSA) is 3.24 Å². The smallest absolute Gasteiger partial charge is 0.0465 e. The van der Waals surface area contributed by atoms with E-state index in [9.17, 15) is 0 Å². The molecule has 0 radical (unpaired) electrons. The van der Waals surface area contributed by atoms with Gasteiger partial charge in [0.15, 0.2) is 0 Å². The highest BCUT2D eigenvalue weighted by atomic mass is 15.1. The van der Waals surface area contributed by atoms with Crippen molar-refractivity contribution in [3.05, 3.63) is 162 Å². The lowest BCUT2D eigenvalue weighted by molar-refractivity contribution is 0.660. The fourth-order valence-electron chi connectivity index (χ4n) is 6.32. The van der Waals surface area contributed by atoms with Gasteiger partial charge in [0.2, 0.25) is 0 Å². The standard InChI is InChI=1S/C40H33N/c1-28-11-10-16-34(25-28)41(33-14-8-5-9-15-33)35-22-24-37-36-23-21-32(26-38(36)40(2,3)39(37)27-35)31-19-17-30(18-20-31)29-12-6-4-7-13-29/h4-27H,1-3H3. The lowest BCUT2D eigenvalue weighted by atomic mass is 9.81. The van der Waals surface area contributed by atoms with Gasteiger partial charge in [0.05, 0.1) is 0 Å². The van der Waals surface area contributed by atoms with Crippen LogP contribution in [0, 0.1) is 6.92 Å². The maximum Gasteiger partial charge on any atom is 0.0465 e. The normalized spacial score (nSPS) is 13.0. The zero-order valence-electron chi connectivity index (χ0n) is 23.8. The number of fused-ring (bicyclic) bond motifs is 3. The Hall–Kier alpha value is -4.88. The average molecular weight is 528 g/mol. The Balaban J connectivity index is 1.28. The summed E-state index contributed by atoms with van der Waals surface area (Å²) in [5.74, 6) is 0. The Labute approximate surface area is 243 Å². The number of hydrogen-bond acceptors (Lipinski definition) is 1. The van der Waals surface area contributed by atoms with Crippen LogP contribution in [-0.4, -0.2) is 0 Å². The summed E-state index contributed by atoms with van der Waals surface area (Å²) in [5.41, 5.74) is 15.1. The number of hydrogen-bond donors (Lipinski definition) is 0. The van der Waals surface area contributed by atoms with Gasteiger partial charge in [-0.25, -0.2) is 0 Å². The fraction of sp³-hybridized carbons (Fsp3) is 0.100. The molecular weight excluding hydrogens is 494 g/mol. The van der Waals surface area contributed by atoms with E-state index in [2.05, 4.69) is 171 Å². The Morgan fingerprint density at radius 1 is 0.415 bits per heavy atom. The molecule has 0 amide bonds. The molecule has 6 aromatic rings. The second kappa shape index (κ2) is 9.94. The molecule has 1 heteroatoms. The molecule has 0 aliphatic heterocycles. The highest BCUT2D eigenvalue weighted by Crippen LogP contribution is 2.51. The summed E-state index contributed by atoms with van der Waals surface area (Å²) >= 11 is 0. The van der Waals surface area contributed by atoms with E-state index >= 15 is 0 Å². The van der Waals surface area contributed by atoms with E-state index in [1.165, 1.54) is 61.4 Å². The Morgan fingerprint density at radius 3 is 1.61 bits per heavy atom. The molecule has 0 saturated carbocycles. The summed E-state index contributed by atoms with van der Waals surface area (Å²) < 4.78 is 0. The van der Waals surface area contributed by atoms with Crippen LogP contribution >= 0.6 is 0 Å². The van der Waals surface area contributed by atoms with Crippen LogP contribution < -0.4 is 4.90 Å². The van der Waals surface area contributed by atoms with E-state index in [1.54, 1.807) is 0 Å². The minimum absolute atomic E-state index is 0.115. The summed E-state index contributed by atoms with van der Waals surface area (Å²) in [6.07, 6.45) is 0. The highest BCUT2D eigenvalue weighted by Gasteiger charge is 2.36. The zero-order chi connectivity index (χ0) is 28.0. The van der Waals surface area contributed by atoms with Gasteiger partial charge in [-0.1, -0.05) is 117 Å². The van der Waals surface area contributed by atoms with Gasteiger partial charge in [-0.3, -0.25) is 0 Å². The molecule has 1 aliphatic rings. The molecule has 0 spiro atoms. The first-order chi connectivity index (χ1) is 20.0. The maximum absolute atomic E-state index is 2.40. The molecule has 0 bridgehead atoms. The van der Waals surface area contributed by atoms with Crippen LogP contribution in [0.2, 0.25) is 0 Å². The van der Waals surface area contributed by atoms with E-state index < -0.39 is 0 Å². The predicted octanol–water partition coefficient (Wildman–Crippen LogP) is 11.1. The summed E-state index contributed by atoms with van der Waals surface area (Å²) in [4.78, 5) is 2.37. The first kappa shape index (κ1) is 25.1. The lowest BCUT2D eigenvalue weighted by Gasteiger charge is -2.28. The van der Waals surface area contributed by atoms with Crippen LogP contribution in [0.15, 0.2) is 146 Å². The molecule has 0 saturated heterocycles. The molecule has 0 N–H and O–H groups in total. The fourth-order valence-corrected chi connectivity index (χ4v) is 6.32. The van der Waals surface area contributed by atoms with Crippen molar-refractivity contribution in [2.24, 2.45) is 0 Å². The molecule has 41 heavy (non-hydrogen) atoms. The molecule has 0 unspecified atom stereocenters. The maximum atomic E-state index is 2.40. The molecule has 198 valence electrons. The molecule has 0 fully saturated rings. The number of anilines is 3. The Kier molecular flexibility index (Phi) is 6.09. The molecule has 7 rings (SSSR count). The van der Waals surface area contributed by atoms with E-state index in [0.29, 0.717) is 0 Å². The third-order valence-corrected chi connectivity index (χ3v) is 8.52. The van der Waals surface area contributed by atoms with Gasteiger partial charge >= 0.3 is 0 Å². The second-order valence-electron chi connectivity index (χ2n) is 11.6. The third-order valence-electron chi connectivity index (χ3n) is 8.52. The van der Waals surface area contributed by atoms with Crippen LogP contribution in [0.5, 0.6) is 0 Å². The van der Waals surface area contributed by atoms with Crippen LogP contribution in [0.25, 0.3) is 33.4 Å². The molecule has 6 aromatic carbocycles. The van der Waals surface area contributed by atoms with Gasteiger partial charge in [-0.05, 0) is 99.5 Å². The first-order valence-corrected chi connectivity index (χ1v) is 14.4. The van der Waals surface area contributed by atoms with Crippen molar-refractivity contribution in [1.82, 2.24) is 0 Å². The Morgan fingerprint density at radius 2 is 0.927 bits per heavy atom. The minimum Gasteiger partial charge on any atom is -0.310 e. The number of para-hydroxylation sites is 1. The first-order valence-electron chi connectivity index (χ1n) is 14.4. The highest BCUT2D eigenvalue weighted by molar-refractivity contribution is 5.87. The van der Waals surface area contributed by atoms with Gasteiger partial charge in [-0.2, -0.15) is 0 Å². The SMILES string of the molecule is Cc1cccc(N(c2ccccc2)c2ccc3c(c2)C(C)(C)c2cc(-c4ccc(-c5ccccc5)cc4)ccc2-3)c1. The van der Waals surface area contributed by atoms with E-state index in [1.807, 2.05) is 0 Å². The van der Waals surface area contributed by atoms with Crippen molar-refractivity contribution in [2.75, 3.05) is 4.90 Å². The minimum atomic E-state index is -0.115. The van der Waals surface area contributed by atoms with Gasteiger partial charge in [-0.15, -0.1) is 0 Å². The Bertz CT molecular complexity index is 1850. The summed E-state index contributed by atoms with van der Waals surface area (Å²) in [7, 11) is 0. The molecule has 1 nitrogen and oxygen atoms in total. The summed E-state index contributed by atoms with van der Waals surface area (Å²) in [6, 6.07) is 52.9. The third kappa shape index (κ3) is 4.44. The van der Waals surface area contributed by atoms with Gasteiger partial charge in [0.1, 0.15) is 0 Å². The molecule has 1 aliphatic carbocycles. The van der Waals surface area contributed by atoms with Crippen molar-refractivity contribution in [2.45, 2.75) is 26.2 Å². The van der Waals surface area contributed by atoms with Crippen LogP contribution in [0.3, 0.4) is 0 Å². The quantitative estimate of drug-likeness (QED) is 0.215. The van der Waals surface area contributed by atoms with Crippen LogP contribution in [-0.2, 0) is 5.41 Å². The number of nitrogens with zero attached hydrogens (tertiary/aromatic N) is 1. The molecule has 0 atom stereocenters. The largest absolute Gasteiger partial charge is 0.310 e.